The van der Waals surface area contributed by atoms with Crippen LogP contribution in [0, 0.1) is 5.41 Å². The maximum absolute atomic E-state index is 12.2. The summed E-state index contributed by atoms with van der Waals surface area (Å²) < 4.78 is 0. The third-order valence-electron chi connectivity index (χ3n) is 2.89. The van der Waals surface area contributed by atoms with Crippen molar-refractivity contribution in [1.82, 2.24) is 5.32 Å². The first-order valence-corrected chi connectivity index (χ1v) is 7.92. The number of carbonyl (C=O) groups is 2. The zero-order valence-electron chi connectivity index (χ0n) is 14.8. The van der Waals surface area contributed by atoms with E-state index in [1.165, 1.54) is 0 Å². The minimum atomic E-state index is -0.513. The molecular weight excluding hydrogens is 349 g/mol. The van der Waals surface area contributed by atoms with Gasteiger partial charge in [-0.05, 0) is 37.5 Å². The number of anilines is 1. The quantitative estimate of drug-likeness (QED) is 0.734. The second-order valence-corrected chi connectivity index (χ2v) is 8.06. The Morgan fingerprint density at radius 2 is 1.75 bits per heavy atom. The highest BCUT2D eigenvalue weighted by atomic mass is 35.5. The Balaban J connectivity index is 0.00000529. The fraction of sp³-hybridized carbons (Fsp3) is 0.529. The Bertz CT molecular complexity index is 590. The van der Waals surface area contributed by atoms with E-state index in [1.807, 2.05) is 34.6 Å². The summed E-state index contributed by atoms with van der Waals surface area (Å²) in [6.07, 6.45) is 0.387. The maximum atomic E-state index is 12.2. The topological polar surface area (TPSA) is 84.2 Å². The molecule has 0 atom stereocenters. The van der Waals surface area contributed by atoms with Gasteiger partial charge >= 0.3 is 0 Å². The lowest BCUT2D eigenvalue weighted by molar-refractivity contribution is -0.117. The average Bonchev–Trinajstić information content (AvgIpc) is 2.35. The van der Waals surface area contributed by atoms with Crippen LogP contribution in [-0.2, 0) is 4.79 Å². The second-order valence-electron chi connectivity index (χ2n) is 7.65. The van der Waals surface area contributed by atoms with Crippen molar-refractivity contribution in [3.05, 3.63) is 28.8 Å². The predicted molar refractivity (Wildman–Crippen MR) is 102 cm³/mol. The van der Waals surface area contributed by atoms with E-state index in [-0.39, 0.29) is 29.6 Å². The summed E-state index contributed by atoms with van der Waals surface area (Å²) in [7, 11) is 0. The summed E-state index contributed by atoms with van der Waals surface area (Å²) in [6.45, 7) is 9.92. The fourth-order valence-electron chi connectivity index (χ4n) is 1.87. The molecule has 0 spiro atoms. The van der Waals surface area contributed by atoms with Crippen LogP contribution in [0.15, 0.2) is 18.2 Å². The SMILES string of the molecule is CC(C)(C)CC(=O)Nc1ccc(Cl)c(C(=O)NCC(C)(C)N)c1.Cl. The number of carbonyl (C=O) groups excluding carboxylic acids is 2. The Kier molecular flexibility index (Phi) is 8.22. The highest BCUT2D eigenvalue weighted by Gasteiger charge is 2.18. The van der Waals surface area contributed by atoms with Crippen molar-refractivity contribution >= 4 is 41.5 Å². The van der Waals surface area contributed by atoms with Crippen molar-refractivity contribution in [2.45, 2.75) is 46.6 Å². The largest absolute Gasteiger partial charge is 0.350 e. The molecule has 0 aliphatic heterocycles. The minimum Gasteiger partial charge on any atom is -0.350 e. The van der Waals surface area contributed by atoms with Crippen LogP contribution in [0.4, 0.5) is 5.69 Å². The van der Waals surface area contributed by atoms with E-state index in [9.17, 15) is 9.59 Å². The summed E-state index contributed by atoms with van der Waals surface area (Å²) in [6, 6.07) is 4.84. The number of hydrogen-bond acceptors (Lipinski definition) is 3. The van der Waals surface area contributed by atoms with Crippen molar-refractivity contribution in [3.63, 3.8) is 0 Å². The first-order valence-electron chi connectivity index (χ1n) is 7.54. The smallest absolute Gasteiger partial charge is 0.252 e. The van der Waals surface area contributed by atoms with E-state index in [2.05, 4.69) is 10.6 Å². The van der Waals surface area contributed by atoms with Gasteiger partial charge in [0.1, 0.15) is 0 Å². The predicted octanol–water partition coefficient (Wildman–Crippen LogP) is 3.60. The average molecular weight is 376 g/mol. The van der Waals surface area contributed by atoms with Crippen LogP contribution in [0.3, 0.4) is 0 Å². The van der Waals surface area contributed by atoms with E-state index >= 15 is 0 Å². The standard InChI is InChI=1S/C17H26ClN3O2.ClH/c1-16(2,3)9-14(22)21-11-6-7-13(18)12(8-11)15(23)20-10-17(4,5)19;/h6-8H,9-10,19H2,1-5H3,(H,20,23)(H,21,22);1H. The molecule has 0 fully saturated rings. The molecule has 4 N–H and O–H groups in total. The van der Waals surface area contributed by atoms with E-state index in [4.69, 9.17) is 17.3 Å². The molecule has 0 radical (unpaired) electrons. The van der Waals surface area contributed by atoms with Gasteiger partial charge in [0.2, 0.25) is 5.91 Å². The number of benzene rings is 1. The normalized spacial score (nSPS) is 11.5. The van der Waals surface area contributed by atoms with Crippen molar-refractivity contribution in [1.29, 1.82) is 0 Å². The van der Waals surface area contributed by atoms with Gasteiger partial charge in [0.25, 0.3) is 5.91 Å². The highest BCUT2D eigenvalue weighted by molar-refractivity contribution is 6.34. The lowest BCUT2D eigenvalue weighted by atomic mass is 9.92. The van der Waals surface area contributed by atoms with Gasteiger partial charge in [0, 0.05) is 24.2 Å². The molecule has 2 amide bonds. The molecule has 136 valence electrons. The molecular formula is C17H27Cl2N3O2. The summed E-state index contributed by atoms with van der Waals surface area (Å²) in [4.78, 5) is 24.2. The first kappa shape index (κ1) is 22.7. The molecule has 1 aromatic rings. The lowest BCUT2D eigenvalue weighted by Gasteiger charge is -2.19. The second kappa shape index (κ2) is 8.70. The van der Waals surface area contributed by atoms with E-state index in [0.717, 1.165) is 0 Å². The Morgan fingerprint density at radius 3 is 2.25 bits per heavy atom. The number of hydrogen-bond donors (Lipinski definition) is 3. The molecule has 7 heteroatoms. The summed E-state index contributed by atoms with van der Waals surface area (Å²) >= 11 is 6.08. The lowest BCUT2D eigenvalue weighted by Crippen LogP contribution is -2.45. The van der Waals surface area contributed by atoms with Gasteiger partial charge in [-0.3, -0.25) is 9.59 Å². The van der Waals surface area contributed by atoms with Crippen LogP contribution in [0.5, 0.6) is 0 Å². The summed E-state index contributed by atoms with van der Waals surface area (Å²) in [5, 5.41) is 5.85. The van der Waals surface area contributed by atoms with Gasteiger partial charge in [-0.2, -0.15) is 0 Å². The van der Waals surface area contributed by atoms with Crippen molar-refractivity contribution in [2.75, 3.05) is 11.9 Å². The Hall–Kier alpha value is -1.30. The Morgan fingerprint density at radius 1 is 1.17 bits per heavy atom. The van der Waals surface area contributed by atoms with Gasteiger partial charge < -0.3 is 16.4 Å². The zero-order chi connectivity index (χ0) is 17.8. The molecule has 5 nitrogen and oxygen atoms in total. The molecule has 0 aliphatic carbocycles. The number of nitrogens with two attached hydrogens (primary N) is 1. The summed E-state index contributed by atoms with van der Waals surface area (Å²) in [5.41, 5.74) is 6.08. The molecule has 0 unspecified atom stereocenters. The van der Waals surface area contributed by atoms with E-state index in [0.29, 0.717) is 29.2 Å². The molecule has 1 aromatic carbocycles. The Labute approximate surface area is 155 Å². The van der Waals surface area contributed by atoms with Crippen LogP contribution < -0.4 is 16.4 Å². The number of amides is 2. The van der Waals surface area contributed by atoms with Crippen LogP contribution in [0.1, 0.15) is 51.4 Å². The number of halogens is 2. The van der Waals surface area contributed by atoms with Crippen LogP contribution >= 0.6 is 24.0 Å². The van der Waals surface area contributed by atoms with Gasteiger partial charge in [-0.15, -0.1) is 12.4 Å². The summed E-state index contributed by atoms with van der Waals surface area (Å²) in [5.74, 6) is -0.422. The molecule has 0 aromatic heterocycles. The highest BCUT2D eigenvalue weighted by Crippen LogP contribution is 2.23. The van der Waals surface area contributed by atoms with Crippen molar-refractivity contribution < 1.29 is 9.59 Å². The van der Waals surface area contributed by atoms with Gasteiger partial charge in [0.05, 0.1) is 10.6 Å². The van der Waals surface area contributed by atoms with Gasteiger partial charge in [-0.1, -0.05) is 32.4 Å². The first-order chi connectivity index (χ1) is 10.4. The molecule has 0 bridgehead atoms. The third kappa shape index (κ3) is 8.52. The molecule has 0 heterocycles. The zero-order valence-corrected chi connectivity index (χ0v) is 16.4. The van der Waals surface area contributed by atoms with Crippen molar-refractivity contribution in [3.8, 4) is 0 Å². The number of nitrogens with one attached hydrogen (secondary N) is 2. The maximum Gasteiger partial charge on any atom is 0.252 e. The van der Waals surface area contributed by atoms with Gasteiger partial charge in [0.15, 0.2) is 0 Å². The van der Waals surface area contributed by atoms with Crippen LogP contribution in [-0.4, -0.2) is 23.9 Å². The molecule has 1 rings (SSSR count). The van der Waals surface area contributed by atoms with Crippen LogP contribution in [0.2, 0.25) is 5.02 Å². The van der Waals surface area contributed by atoms with E-state index in [1.54, 1.807) is 18.2 Å². The van der Waals surface area contributed by atoms with Crippen LogP contribution in [0.25, 0.3) is 0 Å². The van der Waals surface area contributed by atoms with Gasteiger partial charge in [-0.25, -0.2) is 0 Å². The van der Waals surface area contributed by atoms with E-state index < -0.39 is 5.54 Å². The molecule has 24 heavy (non-hydrogen) atoms. The third-order valence-corrected chi connectivity index (χ3v) is 3.22. The molecule has 0 saturated carbocycles. The molecule has 0 saturated heterocycles. The fourth-order valence-corrected chi connectivity index (χ4v) is 2.07. The minimum absolute atomic E-state index is 0. The monoisotopic (exact) mass is 375 g/mol. The number of rotatable bonds is 5. The van der Waals surface area contributed by atoms with Crippen molar-refractivity contribution in [2.24, 2.45) is 11.1 Å². The molecule has 0 aliphatic rings.